The molecule has 0 fully saturated rings. The van der Waals surface area contributed by atoms with E-state index in [0.717, 1.165) is 36.2 Å². The summed E-state index contributed by atoms with van der Waals surface area (Å²) in [5, 5.41) is 0. The molecule has 0 saturated carbocycles. The second-order valence-corrected chi connectivity index (χ2v) is 6.04. The molecule has 2 rings (SSSR count). The summed E-state index contributed by atoms with van der Waals surface area (Å²) >= 11 is 0. The van der Waals surface area contributed by atoms with E-state index in [0.29, 0.717) is 0 Å². The molecular formula is C15H24N4. The maximum absolute atomic E-state index is 6.01. The first kappa shape index (κ1) is 13.9. The first-order valence-electron chi connectivity index (χ1n) is 6.81. The van der Waals surface area contributed by atoms with Crippen molar-refractivity contribution in [1.29, 1.82) is 0 Å². The molecule has 4 heteroatoms. The minimum atomic E-state index is -0.0781. The summed E-state index contributed by atoms with van der Waals surface area (Å²) < 4.78 is 0. The number of benzene rings is 1. The lowest BCUT2D eigenvalue weighted by Crippen LogP contribution is -2.33. The van der Waals surface area contributed by atoms with Crippen LogP contribution >= 0.6 is 0 Å². The summed E-state index contributed by atoms with van der Waals surface area (Å²) in [5.74, 6) is 0.958. The van der Waals surface area contributed by atoms with Crippen LogP contribution in [0.15, 0.2) is 18.2 Å². The van der Waals surface area contributed by atoms with E-state index >= 15 is 0 Å². The molecule has 0 unspecified atom stereocenters. The van der Waals surface area contributed by atoms with Gasteiger partial charge in [0.15, 0.2) is 0 Å². The molecule has 1 aromatic carbocycles. The Morgan fingerprint density at radius 2 is 2.11 bits per heavy atom. The van der Waals surface area contributed by atoms with Crippen LogP contribution in [0.3, 0.4) is 0 Å². The van der Waals surface area contributed by atoms with Crippen molar-refractivity contribution < 1.29 is 0 Å². The molecule has 0 bridgehead atoms. The number of anilines is 1. The standard InChI is InChI=1S/C15H24N4/c1-11-17-13-7-6-12(10-14(13)18-11)19(4)9-5-8-15(2,3)16/h6-7,10H,5,8-9,16H2,1-4H3,(H,17,18). The van der Waals surface area contributed by atoms with Crippen LogP contribution in [-0.2, 0) is 0 Å². The largest absolute Gasteiger partial charge is 0.375 e. The molecule has 0 saturated heterocycles. The van der Waals surface area contributed by atoms with Gasteiger partial charge in [-0.2, -0.15) is 0 Å². The molecule has 3 N–H and O–H groups in total. The van der Waals surface area contributed by atoms with Gasteiger partial charge >= 0.3 is 0 Å². The predicted molar refractivity (Wildman–Crippen MR) is 81.6 cm³/mol. The van der Waals surface area contributed by atoms with Crippen molar-refractivity contribution in [3.8, 4) is 0 Å². The Bertz CT molecular complexity index is 551. The highest BCUT2D eigenvalue weighted by atomic mass is 15.1. The van der Waals surface area contributed by atoms with Gasteiger partial charge in [-0.05, 0) is 51.8 Å². The number of rotatable bonds is 5. The summed E-state index contributed by atoms with van der Waals surface area (Å²) in [6.45, 7) is 7.14. The first-order chi connectivity index (χ1) is 8.85. The highest BCUT2D eigenvalue weighted by Crippen LogP contribution is 2.20. The van der Waals surface area contributed by atoms with Crippen LogP contribution in [0.25, 0.3) is 11.0 Å². The van der Waals surface area contributed by atoms with Crippen molar-refractivity contribution in [3.05, 3.63) is 24.0 Å². The number of nitrogens with one attached hydrogen (secondary N) is 1. The number of imidazole rings is 1. The van der Waals surface area contributed by atoms with Gasteiger partial charge in [-0.1, -0.05) is 0 Å². The Hall–Kier alpha value is -1.55. The van der Waals surface area contributed by atoms with E-state index in [-0.39, 0.29) is 5.54 Å². The number of fused-ring (bicyclic) bond motifs is 1. The molecule has 1 aromatic heterocycles. The van der Waals surface area contributed by atoms with Gasteiger partial charge in [0.1, 0.15) is 5.82 Å². The van der Waals surface area contributed by atoms with Crippen LogP contribution < -0.4 is 10.6 Å². The van der Waals surface area contributed by atoms with E-state index in [9.17, 15) is 0 Å². The SMILES string of the molecule is Cc1nc2ccc(N(C)CCCC(C)(C)N)cc2[nH]1. The third-order valence-corrected chi connectivity index (χ3v) is 3.34. The second kappa shape index (κ2) is 5.21. The first-order valence-corrected chi connectivity index (χ1v) is 6.81. The monoisotopic (exact) mass is 260 g/mol. The van der Waals surface area contributed by atoms with E-state index in [1.807, 2.05) is 6.92 Å². The Labute approximate surface area is 115 Å². The van der Waals surface area contributed by atoms with Gasteiger partial charge < -0.3 is 15.6 Å². The zero-order chi connectivity index (χ0) is 14.0. The van der Waals surface area contributed by atoms with E-state index in [1.165, 1.54) is 5.69 Å². The fraction of sp³-hybridized carbons (Fsp3) is 0.533. The maximum atomic E-state index is 6.01. The van der Waals surface area contributed by atoms with Crippen LogP contribution in [0.4, 0.5) is 5.69 Å². The lowest BCUT2D eigenvalue weighted by atomic mass is 10.00. The van der Waals surface area contributed by atoms with Gasteiger partial charge in [0, 0.05) is 24.8 Å². The van der Waals surface area contributed by atoms with Crippen LogP contribution in [0, 0.1) is 6.92 Å². The predicted octanol–water partition coefficient (Wildman–Crippen LogP) is 2.83. The zero-order valence-corrected chi connectivity index (χ0v) is 12.3. The van der Waals surface area contributed by atoms with E-state index in [1.54, 1.807) is 0 Å². The number of aromatic nitrogens is 2. The average molecular weight is 260 g/mol. The summed E-state index contributed by atoms with van der Waals surface area (Å²) in [7, 11) is 2.12. The number of hydrogen-bond donors (Lipinski definition) is 2. The maximum Gasteiger partial charge on any atom is 0.104 e. The average Bonchev–Trinajstić information content (AvgIpc) is 2.65. The Morgan fingerprint density at radius 3 is 2.79 bits per heavy atom. The van der Waals surface area contributed by atoms with Crippen molar-refractivity contribution in [2.24, 2.45) is 5.73 Å². The van der Waals surface area contributed by atoms with Gasteiger partial charge in [0.2, 0.25) is 0 Å². The van der Waals surface area contributed by atoms with E-state index in [2.05, 4.69) is 54.0 Å². The molecule has 0 spiro atoms. The molecular weight excluding hydrogens is 236 g/mol. The fourth-order valence-corrected chi connectivity index (χ4v) is 2.26. The topological polar surface area (TPSA) is 57.9 Å². The number of aryl methyl sites for hydroxylation is 1. The molecule has 1 heterocycles. The molecule has 4 nitrogen and oxygen atoms in total. The highest BCUT2D eigenvalue weighted by Gasteiger charge is 2.11. The second-order valence-electron chi connectivity index (χ2n) is 6.04. The van der Waals surface area contributed by atoms with Gasteiger partial charge in [0.25, 0.3) is 0 Å². The molecule has 0 aliphatic carbocycles. The van der Waals surface area contributed by atoms with Crippen molar-refractivity contribution in [3.63, 3.8) is 0 Å². The highest BCUT2D eigenvalue weighted by molar-refractivity contribution is 5.79. The van der Waals surface area contributed by atoms with Crippen LogP contribution in [0.2, 0.25) is 0 Å². The zero-order valence-electron chi connectivity index (χ0n) is 12.3. The molecule has 0 amide bonds. The minimum Gasteiger partial charge on any atom is -0.375 e. The van der Waals surface area contributed by atoms with Gasteiger partial charge in [-0.3, -0.25) is 0 Å². The Morgan fingerprint density at radius 1 is 1.37 bits per heavy atom. The van der Waals surface area contributed by atoms with Crippen molar-refractivity contribution in [2.45, 2.75) is 39.2 Å². The van der Waals surface area contributed by atoms with Gasteiger partial charge in [0.05, 0.1) is 11.0 Å². The summed E-state index contributed by atoms with van der Waals surface area (Å²) in [6.07, 6.45) is 2.13. The third-order valence-electron chi connectivity index (χ3n) is 3.34. The van der Waals surface area contributed by atoms with E-state index < -0.39 is 0 Å². The quantitative estimate of drug-likeness (QED) is 0.869. The molecule has 0 radical (unpaired) electrons. The molecule has 2 aromatic rings. The van der Waals surface area contributed by atoms with Crippen LogP contribution in [0.1, 0.15) is 32.5 Å². The molecule has 0 aliphatic rings. The molecule has 19 heavy (non-hydrogen) atoms. The number of aromatic amines is 1. The number of H-pyrrole nitrogens is 1. The van der Waals surface area contributed by atoms with Gasteiger partial charge in [-0.25, -0.2) is 4.98 Å². The number of nitrogens with two attached hydrogens (primary N) is 1. The van der Waals surface area contributed by atoms with Crippen molar-refractivity contribution >= 4 is 16.7 Å². The van der Waals surface area contributed by atoms with Crippen molar-refractivity contribution in [1.82, 2.24) is 9.97 Å². The molecule has 104 valence electrons. The Balaban J connectivity index is 2.02. The molecule has 0 atom stereocenters. The lowest BCUT2D eigenvalue weighted by molar-refractivity contribution is 0.460. The third kappa shape index (κ3) is 3.70. The smallest absolute Gasteiger partial charge is 0.104 e. The fourth-order valence-electron chi connectivity index (χ4n) is 2.26. The normalized spacial score (nSPS) is 12.1. The summed E-state index contributed by atoms with van der Waals surface area (Å²) in [6, 6.07) is 6.34. The summed E-state index contributed by atoms with van der Waals surface area (Å²) in [5.41, 5.74) is 9.27. The summed E-state index contributed by atoms with van der Waals surface area (Å²) in [4.78, 5) is 9.96. The van der Waals surface area contributed by atoms with Gasteiger partial charge in [-0.15, -0.1) is 0 Å². The number of nitrogens with zero attached hydrogens (tertiary/aromatic N) is 2. The van der Waals surface area contributed by atoms with Crippen LogP contribution in [-0.4, -0.2) is 29.1 Å². The lowest BCUT2D eigenvalue weighted by Gasteiger charge is -2.23. The molecule has 0 aliphatic heterocycles. The van der Waals surface area contributed by atoms with Crippen LogP contribution in [0.5, 0.6) is 0 Å². The van der Waals surface area contributed by atoms with Crippen molar-refractivity contribution in [2.75, 3.05) is 18.5 Å². The minimum absolute atomic E-state index is 0.0781. The van der Waals surface area contributed by atoms with E-state index in [4.69, 9.17) is 5.73 Å². The Kier molecular flexibility index (Phi) is 3.80. The number of hydrogen-bond acceptors (Lipinski definition) is 3.